The van der Waals surface area contributed by atoms with Gasteiger partial charge in [-0.3, -0.25) is 0 Å². The van der Waals surface area contributed by atoms with Crippen molar-refractivity contribution in [2.75, 3.05) is 0 Å². The molecule has 1 saturated carbocycles. The van der Waals surface area contributed by atoms with Crippen molar-refractivity contribution >= 4 is 11.6 Å². The Balaban J connectivity index is 1.72. The van der Waals surface area contributed by atoms with Gasteiger partial charge in [-0.2, -0.15) is 0 Å². The number of rotatable bonds is 0. The molecule has 0 amide bonds. The van der Waals surface area contributed by atoms with E-state index in [-0.39, 0.29) is 0 Å². The lowest BCUT2D eigenvalue weighted by Gasteiger charge is -2.40. The van der Waals surface area contributed by atoms with E-state index >= 15 is 0 Å². The monoisotopic (exact) mass is 244 g/mol. The summed E-state index contributed by atoms with van der Waals surface area (Å²) in [6.07, 6.45) is 11.7. The summed E-state index contributed by atoms with van der Waals surface area (Å²) in [5.41, 5.74) is 3.65. The minimum atomic E-state index is 0.597. The third kappa shape index (κ3) is 1.43. The molecule has 1 spiro atoms. The zero-order valence-electron chi connectivity index (χ0n) is 9.95. The molecule has 1 aromatic carbocycles. The quantitative estimate of drug-likeness (QED) is 0.593. The molecule has 0 radical (unpaired) electrons. The zero-order chi connectivity index (χ0) is 11.5. The summed E-state index contributed by atoms with van der Waals surface area (Å²) in [6.45, 7) is 0. The standard InChI is InChI=1S/C16H17Cl/c17-15-4-2-13-10-16(6-5-12(13)8-15)9-11-1-3-14(16)7-11/h1-4,8,11,14H,5-7,9-10H2. The van der Waals surface area contributed by atoms with E-state index in [2.05, 4.69) is 30.4 Å². The van der Waals surface area contributed by atoms with Gasteiger partial charge in [-0.05, 0) is 72.6 Å². The molecule has 0 aliphatic heterocycles. The molecule has 17 heavy (non-hydrogen) atoms. The zero-order valence-corrected chi connectivity index (χ0v) is 10.7. The predicted octanol–water partition coefficient (Wildman–Crippen LogP) is 4.41. The Kier molecular flexibility index (Phi) is 2.03. The predicted molar refractivity (Wildman–Crippen MR) is 71.3 cm³/mol. The van der Waals surface area contributed by atoms with Gasteiger partial charge in [0, 0.05) is 5.02 Å². The van der Waals surface area contributed by atoms with Gasteiger partial charge in [0.15, 0.2) is 0 Å². The lowest BCUT2D eigenvalue weighted by atomic mass is 9.64. The molecule has 0 saturated heterocycles. The van der Waals surface area contributed by atoms with Crippen molar-refractivity contribution in [1.82, 2.24) is 0 Å². The average Bonchev–Trinajstić information content (AvgIpc) is 2.90. The van der Waals surface area contributed by atoms with Crippen molar-refractivity contribution < 1.29 is 0 Å². The lowest BCUT2D eigenvalue weighted by Crippen LogP contribution is -2.32. The smallest absolute Gasteiger partial charge is 0.0408 e. The molecule has 3 aliphatic rings. The molecule has 4 rings (SSSR count). The van der Waals surface area contributed by atoms with E-state index in [9.17, 15) is 0 Å². The van der Waals surface area contributed by atoms with Gasteiger partial charge in [0.1, 0.15) is 0 Å². The van der Waals surface area contributed by atoms with E-state index in [0.717, 1.165) is 16.9 Å². The second-order valence-corrected chi connectivity index (χ2v) is 6.58. The Bertz CT molecular complexity index is 502. The number of aryl methyl sites for hydroxylation is 1. The van der Waals surface area contributed by atoms with Gasteiger partial charge < -0.3 is 0 Å². The van der Waals surface area contributed by atoms with E-state index in [4.69, 9.17) is 11.6 Å². The van der Waals surface area contributed by atoms with Gasteiger partial charge in [0.2, 0.25) is 0 Å². The minimum Gasteiger partial charge on any atom is -0.0851 e. The molecule has 3 aliphatic carbocycles. The second kappa shape index (κ2) is 3.38. The summed E-state index contributed by atoms with van der Waals surface area (Å²) < 4.78 is 0. The molecule has 1 aromatic rings. The van der Waals surface area contributed by atoms with Gasteiger partial charge in [-0.25, -0.2) is 0 Å². The van der Waals surface area contributed by atoms with E-state index in [0.29, 0.717) is 5.41 Å². The van der Waals surface area contributed by atoms with Crippen LogP contribution in [0.15, 0.2) is 30.4 Å². The highest BCUT2D eigenvalue weighted by atomic mass is 35.5. The highest BCUT2D eigenvalue weighted by molar-refractivity contribution is 6.30. The SMILES string of the molecule is Clc1ccc2c(c1)CCC1(C2)CC2C=CC1C2. The molecule has 88 valence electrons. The Labute approximate surface area is 108 Å². The number of allylic oxidation sites excluding steroid dienone is 2. The summed E-state index contributed by atoms with van der Waals surface area (Å²) in [5, 5.41) is 0.896. The number of hydrogen-bond donors (Lipinski definition) is 0. The molecule has 1 fully saturated rings. The summed E-state index contributed by atoms with van der Waals surface area (Å²) in [4.78, 5) is 0. The van der Waals surface area contributed by atoms with Gasteiger partial charge in [-0.15, -0.1) is 0 Å². The fourth-order valence-electron chi connectivity index (χ4n) is 4.40. The number of hydrogen-bond acceptors (Lipinski definition) is 0. The van der Waals surface area contributed by atoms with Crippen molar-refractivity contribution in [3.05, 3.63) is 46.5 Å². The van der Waals surface area contributed by atoms with E-state index in [1.54, 1.807) is 5.56 Å². The maximum atomic E-state index is 6.08. The van der Waals surface area contributed by atoms with Crippen LogP contribution in [0.5, 0.6) is 0 Å². The van der Waals surface area contributed by atoms with E-state index in [1.165, 1.54) is 37.7 Å². The molecular formula is C16H17Cl. The number of benzene rings is 1. The highest BCUT2D eigenvalue weighted by Gasteiger charge is 2.49. The second-order valence-electron chi connectivity index (χ2n) is 6.14. The van der Waals surface area contributed by atoms with Crippen molar-refractivity contribution in [2.24, 2.45) is 17.3 Å². The first-order valence-electron chi connectivity index (χ1n) is 6.71. The van der Waals surface area contributed by atoms with E-state index in [1.807, 2.05) is 0 Å². The first-order valence-corrected chi connectivity index (χ1v) is 7.09. The van der Waals surface area contributed by atoms with Gasteiger partial charge in [0.05, 0.1) is 0 Å². The molecule has 1 heteroatoms. The summed E-state index contributed by atoms with van der Waals surface area (Å²) >= 11 is 6.08. The van der Waals surface area contributed by atoms with Crippen LogP contribution < -0.4 is 0 Å². The molecule has 0 aromatic heterocycles. The Morgan fingerprint density at radius 3 is 2.88 bits per heavy atom. The van der Waals surface area contributed by atoms with Crippen LogP contribution in [0.25, 0.3) is 0 Å². The van der Waals surface area contributed by atoms with Crippen LogP contribution in [-0.4, -0.2) is 0 Å². The normalized spacial score (nSPS) is 37.7. The van der Waals surface area contributed by atoms with Crippen LogP contribution in [-0.2, 0) is 12.8 Å². The summed E-state index contributed by atoms with van der Waals surface area (Å²) in [7, 11) is 0. The Morgan fingerprint density at radius 2 is 2.12 bits per heavy atom. The summed E-state index contributed by atoms with van der Waals surface area (Å²) in [5.74, 6) is 1.74. The van der Waals surface area contributed by atoms with Crippen LogP contribution in [0.2, 0.25) is 5.02 Å². The molecule has 2 bridgehead atoms. The fraction of sp³-hybridized carbons (Fsp3) is 0.500. The first kappa shape index (κ1) is 10.2. The van der Waals surface area contributed by atoms with Crippen molar-refractivity contribution in [2.45, 2.75) is 32.1 Å². The van der Waals surface area contributed by atoms with Crippen LogP contribution in [0.3, 0.4) is 0 Å². The summed E-state index contributed by atoms with van der Waals surface area (Å²) in [6, 6.07) is 6.49. The largest absolute Gasteiger partial charge is 0.0851 e. The molecule has 3 atom stereocenters. The van der Waals surface area contributed by atoms with Crippen LogP contribution >= 0.6 is 11.6 Å². The molecule has 0 N–H and O–H groups in total. The van der Waals surface area contributed by atoms with Crippen LogP contribution in [0.4, 0.5) is 0 Å². The third-order valence-corrected chi connectivity index (χ3v) is 5.47. The third-order valence-electron chi connectivity index (χ3n) is 5.23. The van der Waals surface area contributed by atoms with Crippen LogP contribution in [0.1, 0.15) is 30.4 Å². The average molecular weight is 245 g/mol. The van der Waals surface area contributed by atoms with Crippen molar-refractivity contribution in [3.63, 3.8) is 0 Å². The Morgan fingerprint density at radius 1 is 1.18 bits per heavy atom. The Hall–Kier alpha value is -0.750. The van der Waals surface area contributed by atoms with Gasteiger partial charge in [-0.1, -0.05) is 29.8 Å². The van der Waals surface area contributed by atoms with Crippen LogP contribution in [0, 0.1) is 17.3 Å². The lowest BCUT2D eigenvalue weighted by molar-refractivity contribution is 0.195. The number of fused-ring (bicyclic) bond motifs is 4. The topological polar surface area (TPSA) is 0 Å². The number of halogens is 1. The van der Waals surface area contributed by atoms with Crippen molar-refractivity contribution in [1.29, 1.82) is 0 Å². The highest BCUT2D eigenvalue weighted by Crippen LogP contribution is 2.57. The molecule has 0 heterocycles. The van der Waals surface area contributed by atoms with Gasteiger partial charge >= 0.3 is 0 Å². The molecular weight excluding hydrogens is 228 g/mol. The van der Waals surface area contributed by atoms with Crippen molar-refractivity contribution in [3.8, 4) is 0 Å². The van der Waals surface area contributed by atoms with E-state index < -0.39 is 0 Å². The maximum absolute atomic E-state index is 6.08. The van der Waals surface area contributed by atoms with Gasteiger partial charge in [0.25, 0.3) is 0 Å². The minimum absolute atomic E-state index is 0.597. The molecule has 3 unspecified atom stereocenters. The first-order chi connectivity index (χ1) is 8.25. The maximum Gasteiger partial charge on any atom is 0.0408 e. The molecule has 0 nitrogen and oxygen atoms in total. The fourth-order valence-corrected chi connectivity index (χ4v) is 4.59.